The van der Waals surface area contributed by atoms with Crippen LogP contribution in [0.3, 0.4) is 0 Å². The van der Waals surface area contributed by atoms with Gasteiger partial charge in [-0.05, 0) is 19.1 Å². The van der Waals surface area contributed by atoms with E-state index in [9.17, 15) is 19.7 Å². The van der Waals surface area contributed by atoms with Crippen LogP contribution in [0.2, 0.25) is 0 Å². The fourth-order valence-electron chi connectivity index (χ4n) is 1.73. The van der Waals surface area contributed by atoms with E-state index in [4.69, 9.17) is 9.26 Å². The molecule has 0 aliphatic carbocycles. The smallest absolute Gasteiger partial charge is 0.331 e. The summed E-state index contributed by atoms with van der Waals surface area (Å²) in [5.74, 6) is -1.26. The van der Waals surface area contributed by atoms with E-state index >= 15 is 0 Å². The first kappa shape index (κ1) is 16.9. The van der Waals surface area contributed by atoms with Crippen molar-refractivity contribution in [3.05, 3.63) is 57.8 Å². The quantitative estimate of drug-likeness (QED) is 0.372. The first-order valence-corrected chi connectivity index (χ1v) is 6.77. The lowest BCUT2D eigenvalue weighted by molar-refractivity contribution is -0.385. The topological polar surface area (TPSA) is 125 Å². The van der Waals surface area contributed by atoms with Crippen molar-refractivity contribution in [3.63, 3.8) is 0 Å². The predicted octanol–water partition coefficient (Wildman–Crippen LogP) is 2.09. The van der Waals surface area contributed by atoms with E-state index in [-0.39, 0.29) is 17.1 Å². The summed E-state index contributed by atoms with van der Waals surface area (Å²) < 4.78 is 9.52. The number of nitrogens with one attached hydrogen (secondary N) is 1. The number of anilines is 1. The summed E-state index contributed by atoms with van der Waals surface area (Å²) in [6.07, 6.45) is 2.26. The number of nitro groups is 1. The van der Waals surface area contributed by atoms with Gasteiger partial charge in [-0.15, -0.1) is 0 Å². The normalized spacial score (nSPS) is 10.5. The van der Waals surface area contributed by atoms with Gasteiger partial charge in [0.15, 0.2) is 6.61 Å². The Balaban J connectivity index is 1.87. The Morgan fingerprint density at radius 2 is 2.17 bits per heavy atom. The number of para-hydroxylation sites is 1. The summed E-state index contributed by atoms with van der Waals surface area (Å²) in [4.78, 5) is 33.4. The van der Waals surface area contributed by atoms with Gasteiger partial charge in [0.25, 0.3) is 11.6 Å². The van der Waals surface area contributed by atoms with Crippen LogP contribution in [0.15, 0.2) is 40.9 Å². The SMILES string of the molecule is Cc1cc(NC(=O)COC(=O)/C=C/c2ccccc2[N+](=O)[O-])on1. The van der Waals surface area contributed by atoms with Gasteiger partial charge in [0.1, 0.15) is 0 Å². The summed E-state index contributed by atoms with van der Waals surface area (Å²) in [7, 11) is 0. The molecular weight excluding hydrogens is 318 g/mol. The summed E-state index contributed by atoms with van der Waals surface area (Å²) in [6.45, 7) is 1.16. The third-order valence-electron chi connectivity index (χ3n) is 2.77. The minimum absolute atomic E-state index is 0.139. The largest absolute Gasteiger partial charge is 0.452 e. The fourth-order valence-corrected chi connectivity index (χ4v) is 1.73. The molecule has 1 aromatic heterocycles. The Hall–Kier alpha value is -3.49. The zero-order chi connectivity index (χ0) is 17.5. The van der Waals surface area contributed by atoms with Crippen molar-refractivity contribution in [2.75, 3.05) is 11.9 Å². The zero-order valence-electron chi connectivity index (χ0n) is 12.6. The van der Waals surface area contributed by atoms with Crippen LogP contribution in [0, 0.1) is 17.0 Å². The second-order valence-electron chi connectivity index (χ2n) is 4.64. The highest BCUT2D eigenvalue weighted by Gasteiger charge is 2.11. The average molecular weight is 331 g/mol. The summed E-state index contributed by atoms with van der Waals surface area (Å²) >= 11 is 0. The molecule has 2 rings (SSSR count). The molecule has 0 spiro atoms. The third-order valence-corrected chi connectivity index (χ3v) is 2.77. The minimum Gasteiger partial charge on any atom is -0.452 e. The van der Waals surface area contributed by atoms with E-state index in [1.807, 2.05) is 0 Å². The van der Waals surface area contributed by atoms with E-state index in [1.54, 1.807) is 13.0 Å². The van der Waals surface area contributed by atoms with Gasteiger partial charge in [-0.3, -0.25) is 20.2 Å². The number of hydrogen-bond acceptors (Lipinski definition) is 7. The van der Waals surface area contributed by atoms with Crippen molar-refractivity contribution in [1.82, 2.24) is 5.16 Å². The lowest BCUT2D eigenvalue weighted by Crippen LogP contribution is -2.19. The maximum absolute atomic E-state index is 11.6. The summed E-state index contributed by atoms with van der Waals surface area (Å²) in [5.41, 5.74) is 0.704. The molecular formula is C15H13N3O6. The fraction of sp³-hybridized carbons (Fsp3) is 0.133. The van der Waals surface area contributed by atoms with Gasteiger partial charge in [-0.2, -0.15) is 0 Å². The van der Waals surface area contributed by atoms with Gasteiger partial charge in [-0.25, -0.2) is 4.79 Å². The molecule has 2 aromatic rings. The van der Waals surface area contributed by atoms with Crippen molar-refractivity contribution in [3.8, 4) is 0 Å². The molecule has 0 radical (unpaired) electrons. The number of benzene rings is 1. The molecule has 24 heavy (non-hydrogen) atoms. The van der Waals surface area contributed by atoms with Crippen molar-refractivity contribution >= 4 is 29.5 Å². The highest BCUT2D eigenvalue weighted by atomic mass is 16.6. The van der Waals surface area contributed by atoms with Crippen molar-refractivity contribution in [2.45, 2.75) is 6.92 Å². The number of nitro benzene ring substituents is 1. The van der Waals surface area contributed by atoms with Crippen LogP contribution in [0.1, 0.15) is 11.3 Å². The van der Waals surface area contributed by atoms with E-state index in [0.717, 1.165) is 6.08 Å². The second-order valence-corrected chi connectivity index (χ2v) is 4.64. The van der Waals surface area contributed by atoms with Gasteiger partial charge >= 0.3 is 5.97 Å². The van der Waals surface area contributed by atoms with Crippen LogP contribution in [-0.4, -0.2) is 28.6 Å². The molecule has 0 atom stereocenters. The first-order chi connectivity index (χ1) is 11.5. The number of ether oxygens (including phenoxy) is 1. The van der Waals surface area contributed by atoms with E-state index < -0.39 is 23.4 Å². The molecule has 1 N–H and O–H groups in total. The van der Waals surface area contributed by atoms with Crippen molar-refractivity contribution in [2.24, 2.45) is 0 Å². The van der Waals surface area contributed by atoms with Crippen LogP contribution in [-0.2, 0) is 14.3 Å². The Bertz CT molecular complexity index is 796. The molecule has 1 aromatic carbocycles. The molecule has 1 heterocycles. The number of rotatable bonds is 6. The molecule has 124 valence electrons. The van der Waals surface area contributed by atoms with Gasteiger partial charge in [0.05, 0.1) is 16.2 Å². The molecule has 0 bridgehead atoms. The molecule has 0 saturated heterocycles. The van der Waals surface area contributed by atoms with Crippen molar-refractivity contribution in [1.29, 1.82) is 0 Å². The third kappa shape index (κ3) is 4.77. The molecule has 0 saturated carbocycles. The van der Waals surface area contributed by atoms with Crippen LogP contribution in [0.4, 0.5) is 11.6 Å². The molecule has 0 aliphatic heterocycles. The number of carbonyl (C=O) groups is 2. The van der Waals surface area contributed by atoms with Gasteiger partial charge in [0, 0.05) is 18.2 Å². The van der Waals surface area contributed by atoms with Crippen LogP contribution in [0.5, 0.6) is 0 Å². The maximum Gasteiger partial charge on any atom is 0.331 e. The second kappa shape index (κ2) is 7.68. The van der Waals surface area contributed by atoms with Crippen molar-refractivity contribution < 1.29 is 23.8 Å². The standard InChI is InChI=1S/C15H13N3O6/c1-10-8-14(24-17-10)16-13(19)9-23-15(20)7-6-11-4-2-3-5-12(11)18(21)22/h2-8H,9H2,1H3,(H,16,19)/b7-6+. The van der Waals surface area contributed by atoms with Crippen LogP contribution >= 0.6 is 0 Å². The molecule has 1 amide bonds. The Morgan fingerprint density at radius 3 is 2.83 bits per heavy atom. The van der Waals surface area contributed by atoms with Gasteiger partial charge in [0.2, 0.25) is 5.88 Å². The Kier molecular flexibility index (Phi) is 5.40. The van der Waals surface area contributed by atoms with Gasteiger partial charge in [-0.1, -0.05) is 17.3 Å². The minimum atomic E-state index is -0.808. The summed E-state index contributed by atoms with van der Waals surface area (Å²) in [5, 5.41) is 16.8. The number of hydrogen-bond donors (Lipinski definition) is 1. The van der Waals surface area contributed by atoms with E-state index in [2.05, 4.69) is 10.5 Å². The van der Waals surface area contributed by atoms with Gasteiger partial charge < -0.3 is 9.26 Å². The lowest BCUT2D eigenvalue weighted by Gasteiger charge is -2.01. The van der Waals surface area contributed by atoms with Crippen LogP contribution in [0.25, 0.3) is 6.08 Å². The molecule has 9 nitrogen and oxygen atoms in total. The lowest BCUT2D eigenvalue weighted by atomic mass is 10.1. The first-order valence-electron chi connectivity index (χ1n) is 6.77. The molecule has 9 heteroatoms. The highest BCUT2D eigenvalue weighted by molar-refractivity contribution is 5.94. The number of aromatic nitrogens is 1. The zero-order valence-corrected chi connectivity index (χ0v) is 12.6. The number of nitrogens with zero attached hydrogens (tertiary/aromatic N) is 2. The Morgan fingerprint density at radius 1 is 1.42 bits per heavy atom. The number of amides is 1. The molecule has 0 aliphatic rings. The van der Waals surface area contributed by atoms with E-state index in [1.165, 1.54) is 30.3 Å². The average Bonchev–Trinajstić information content (AvgIpc) is 2.96. The predicted molar refractivity (Wildman–Crippen MR) is 83.0 cm³/mol. The Labute approximate surface area is 136 Å². The molecule has 0 fully saturated rings. The molecule has 0 unspecified atom stereocenters. The monoisotopic (exact) mass is 331 g/mol. The number of aryl methyl sites for hydroxylation is 1. The summed E-state index contributed by atoms with van der Waals surface area (Å²) in [6, 6.07) is 7.43. The number of esters is 1. The number of carbonyl (C=O) groups excluding carboxylic acids is 2. The maximum atomic E-state index is 11.6. The van der Waals surface area contributed by atoms with Crippen LogP contribution < -0.4 is 5.32 Å². The highest BCUT2D eigenvalue weighted by Crippen LogP contribution is 2.18. The van der Waals surface area contributed by atoms with E-state index in [0.29, 0.717) is 5.69 Å².